The fourth-order valence-electron chi connectivity index (χ4n) is 3.15. The van der Waals surface area contributed by atoms with Gasteiger partial charge in [-0.1, -0.05) is 36.3 Å². The topological polar surface area (TPSA) is 75.7 Å². The molecule has 2 aromatic rings. The van der Waals surface area contributed by atoms with E-state index in [1.807, 2.05) is 37.3 Å². The first-order chi connectivity index (χ1) is 13.4. The lowest BCUT2D eigenvalue weighted by molar-refractivity contribution is -0.0691. The van der Waals surface area contributed by atoms with Gasteiger partial charge in [-0.25, -0.2) is 8.42 Å². The van der Waals surface area contributed by atoms with Crippen LogP contribution in [0.4, 0.5) is 0 Å². The summed E-state index contributed by atoms with van der Waals surface area (Å²) in [6, 6.07) is 15.6. The number of terminal acetylenes is 1. The number of hydrogen-bond acceptors (Lipinski definition) is 4. The van der Waals surface area contributed by atoms with Crippen molar-refractivity contribution in [2.75, 3.05) is 19.6 Å². The van der Waals surface area contributed by atoms with Crippen LogP contribution in [0.25, 0.3) is 0 Å². The highest BCUT2D eigenvalue weighted by atomic mass is 32.2. The Morgan fingerprint density at radius 1 is 1.18 bits per heavy atom. The van der Waals surface area contributed by atoms with Gasteiger partial charge in [-0.05, 0) is 36.8 Å². The van der Waals surface area contributed by atoms with E-state index in [0.717, 1.165) is 5.56 Å². The molecule has 7 heteroatoms. The molecular formula is C21H22N2O4S. The van der Waals surface area contributed by atoms with E-state index in [2.05, 4.69) is 10.6 Å². The fourth-order valence-corrected chi connectivity index (χ4v) is 4.08. The normalized spacial score (nSPS) is 19.8. The number of benzene rings is 2. The molecule has 0 aromatic heterocycles. The van der Waals surface area contributed by atoms with Crippen molar-refractivity contribution in [1.82, 2.24) is 9.62 Å². The lowest BCUT2D eigenvalue weighted by atomic mass is 10.1. The average molecular weight is 398 g/mol. The monoisotopic (exact) mass is 398 g/mol. The van der Waals surface area contributed by atoms with Crippen LogP contribution < -0.4 is 4.72 Å². The zero-order valence-electron chi connectivity index (χ0n) is 15.5. The van der Waals surface area contributed by atoms with Crippen LogP contribution in [0.3, 0.4) is 0 Å². The first kappa shape index (κ1) is 20.1. The minimum atomic E-state index is -3.68. The van der Waals surface area contributed by atoms with Gasteiger partial charge in [-0.3, -0.25) is 4.79 Å². The zero-order chi connectivity index (χ0) is 20.1. The third-order valence-electron chi connectivity index (χ3n) is 4.49. The maximum atomic E-state index is 12.9. The standard InChI is InChI=1S/C21H22N2O4S/c1-3-13-22-28(25,26)19-11-9-18(10-12-19)21(24)23-14-16(2)27-20(15-23)17-7-5-4-6-8-17/h1,4-12,16,20,22H,13-15H2,2H3. The minimum Gasteiger partial charge on any atom is -0.367 e. The van der Waals surface area contributed by atoms with Gasteiger partial charge in [0.05, 0.1) is 24.1 Å². The molecule has 1 N–H and O–H groups in total. The Kier molecular flexibility index (Phi) is 6.15. The van der Waals surface area contributed by atoms with E-state index in [9.17, 15) is 13.2 Å². The second kappa shape index (κ2) is 8.57. The number of hydrogen-bond donors (Lipinski definition) is 1. The molecule has 1 amide bonds. The van der Waals surface area contributed by atoms with E-state index < -0.39 is 10.0 Å². The smallest absolute Gasteiger partial charge is 0.254 e. The molecule has 0 aliphatic carbocycles. The summed E-state index contributed by atoms with van der Waals surface area (Å²) in [5, 5.41) is 0. The van der Waals surface area contributed by atoms with Gasteiger partial charge in [0.2, 0.25) is 10.0 Å². The van der Waals surface area contributed by atoms with Crippen molar-refractivity contribution >= 4 is 15.9 Å². The molecule has 1 aliphatic rings. The molecule has 1 aliphatic heterocycles. The molecule has 2 unspecified atom stereocenters. The number of carbonyl (C=O) groups excluding carboxylic acids is 1. The quantitative estimate of drug-likeness (QED) is 0.784. The van der Waals surface area contributed by atoms with E-state index in [1.165, 1.54) is 24.3 Å². The van der Waals surface area contributed by atoms with Gasteiger partial charge >= 0.3 is 0 Å². The van der Waals surface area contributed by atoms with E-state index in [4.69, 9.17) is 11.2 Å². The van der Waals surface area contributed by atoms with E-state index >= 15 is 0 Å². The average Bonchev–Trinajstić information content (AvgIpc) is 2.72. The van der Waals surface area contributed by atoms with Crippen LogP contribution in [0, 0.1) is 12.3 Å². The van der Waals surface area contributed by atoms with Gasteiger partial charge in [0, 0.05) is 12.1 Å². The highest BCUT2D eigenvalue weighted by molar-refractivity contribution is 7.89. The fraction of sp³-hybridized carbons (Fsp3) is 0.286. The third kappa shape index (κ3) is 4.60. The number of nitrogens with one attached hydrogen (secondary N) is 1. The summed E-state index contributed by atoms with van der Waals surface area (Å²) in [7, 11) is -3.68. The molecule has 0 saturated carbocycles. The van der Waals surface area contributed by atoms with Gasteiger partial charge in [0.15, 0.2) is 0 Å². The van der Waals surface area contributed by atoms with Gasteiger partial charge in [0.1, 0.15) is 6.10 Å². The first-order valence-electron chi connectivity index (χ1n) is 8.93. The van der Waals surface area contributed by atoms with Crippen LogP contribution in [0.1, 0.15) is 28.9 Å². The number of sulfonamides is 1. The number of carbonyl (C=O) groups is 1. The van der Waals surface area contributed by atoms with Crippen LogP contribution in [0.15, 0.2) is 59.5 Å². The maximum Gasteiger partial charge on any atom is 0.254 e. The van der Waals surface area contributed by atoms with Gasteiger partial charge < -0.3 is 9.64 Å². The molecule has 6 nitrogen and oxygen atoms in total. The lowest BCUT2D eigenvalue weighted by Crippen LogP contribution is -2.46. The molecule has 0 spiro atoms. The first-order valence-corrected chi connectivity index (χ1v) is 10.4. The molecule has 2 atom stereocenters. The molecular weight excluding hydrogens is 376 g/mol. The Bertz CT molecular complexity index is 966. The van der Waals surface area contributed by atoms with Crippen LogP contribution in [0.5, 0.6) is 0 Å². The predicted molar refractivity (Wildman–Crippen MR) is 106 cm³/mol. The van der Waals surface area contributed by atoms with Gasteiger partial charge in [-0.2, -0.15) is 4.72 Å². The third-order valence-corrected chi connectivity index (χ3v) is 5.91. The SMILES string of the molecule is C#CCNS(=O)(=O)c1ccc(C(=O)N2CC(C)OC(c3ccccc3)C2)cc1. The van der Waals surface area contributed by atoms with Crippen LogP contribution in [0.2, 0.25) is 0 Å². The van der Waals surface area contributed by atoms with Crippen molar-refractivity contribution in [3.8, 4) is 12.3 Å². The van der Waals surface area contributed by atoms with Crippen LogP contribution >= 0.6 is 0 Å². The van der Waals surface area contributed by atoms with Crippen molar-refractivity contribution < 1.29 is 17.9 Å². The second-order valence-corrected chi connectivity index (χ2v) is 8.38. The number of rotatable bonds is 5. The van der Waals surface area contributed by atoms with Crippen molar-refractivity contribution in [1.29, 1.82) is 0 Å². The number of ether oxygens (including phenoxy) is 1. The molecule has 28 heavy (non-hydrogen) atoms. The summed E-state index contributed by atoms with van der Waals surface area (Å²) >= 11 is 0. The Balaban J connectivity index is 1.75. The van der Waals surface area contributed by atoms with Gasteiger partial charge in [-0.15, -0.1) is 6.42 Å². The zero-order valence-corrected chi connectivity index (χ0v) is 16.4. The molecule has 146 valence electrons. The van der Waals surface area contributed by atoms with Crippen LogP contribution in [-0.4, -0.2) is 45.0 Å². The Morgan fingerprint density at radius 2 is 1.86 bits per heavy atom. The largest absolute Gasteiger partial charge is 0.367 e. The molecule has 1 fully saturated rings. The Labute approximate surface area is 165 Å². The molecule has 0 bridgehead atoms. The minimum absolute atomic E-state index is 0.0665. The summed E-state index contributed by atoms with van der Waals surface area (Å²) in [4.78, 5) is 14.7. The summed E-state index contributed by atoms with van der Waals surface area (Å²) in [6.07, 6.45) is 4.79. The number of morpholine rings is 1. The van der Waals surface area contributed by atoms with E-state index in [-0.39, 0.29) is 29.6 Å². The summed E-state index contributed by atoms with van der Waals surface area (Å²) in [5.74, 6) is 2.07. The number of nitrogens with zero attached hydrogens (tertiary/aromatic N) is 1. The van der Waals surface area contributed by atoms with Crippen molar-refractivity contribution in [3.05, 3.63) is 65.7 Å². The maximum absolute atomic E-state index is 12.9. The predicted octanol–water partition coefficient (Wildman–Crippen LogP) is 2.20. The lowest BCUT2D eigenvalue weighted by Gasteiger charge is -2.37. The highest BCUT2D eigenvalue weighted by Crippen LogP contribution is 2.26. The summed E-state index contributed by atoms with van der Waals surface area (Å²) < 4.78 is 32.5. The number of amides is 1. The molecule has 0 radical (unpaired) electrons. The van der Waals surface area contributed by atoms with Gasteiger partial charge in [0.25, 0.3) is 5.91 Å². The summed E-state index contributed by atoms with van der Waals surface area (Å²) in [5.41, 5.74) is 1.45. The summed E-state index contributed by atoms with van der Waals surface area (Å²) in [6.45, 7) is 2.76. The van der Waals surface area contributed by atoms with E-state index in [0.29, 0.717) is 18.7 Å². The molecule has 3 rings (SSSR count). The van der Waals surface area contributed by atoms with Crippen LogP contribution in [-0.2, 0) is 14.8 Å². The van der Waals surface area contributed by atoms with Crippen molar-refractivity contribution in [3.63, 3.8) is 0 Å². The molecule has 1 heterocycles. The highest BCUT2D eigenvalue weighted by Gasteiger charge is 2.30. The second-order valence-electron chi connectivity index (χ2n) is 6.61. The van der Waals surface area contributed by atoms with Crippen molar-refractivity contribution in [2.45, 2.75) is 24.0 Å². The Morgan fingerprint density at radius 3 is 2.50 bits per heavy atom. The van der Waals surface area contributed by atoms with Crippen molar-refractivity contribution in [2.24, 2.45) is 0 Å². The molecule has 2 aromatic carbocycles. The molecule has 1 saturated heterocycles. The van der Waals surface area contributed by atoms with E-state index in [1.54, 1.807) is 4.90 Å². The Hall–Kier alpha value is -2.66.